The fourth-order valence-corrected chi connectivity index (χ4v) is 1.48. The third kappa shape index (κ3) is 1.92. The molecule has 1 fully saturated rings. The van der Waals surface area contributed by atoms with E-state index >= 15 is 0 Å². The van der Waals surface area contributed by atoms with Crippen LogP contribution in [0.5, 0.6) is 0 Å². The van der Waals surface area contributed by atoms with Gasteiger partial charge in [-0.15, -0.1) is 0 Å². The van der Waals surface area contributed by atoms with Gasteiger partial charge in [0.25, 0.3) is 0 Å². The highest BCUT2D eigenvalue weighted by Crippen LogP contribution is 2.22. The highest BCUT2D eigenvalue weighted by atomic mass is 16.5. The van der Waals surface area contributed by atoms with E-state index in [0.717, 1.165) is 0 Å². The van der Waals surface area contributed by atoms with Crippen LogP contribution in [0.3, 0.4) is 0 Å². The van der Waals surface area contributed by atoms with Crippen molar-refractivity contribution in [2.24, 2.45) is 5.11 Å². The molecular formula is C7H13N3O3. The van der Waals surface area contributed by atoms with E-state index in [4.69, 9.17) is 10.3 Å². The Balaban J connectivity index is 2.78. The van der Waals surface area contributed by atoms with Crippen molar-refractivity contribution < 1.29 is 14.9 Å². The first-order valence-corrected chi connectivity index (χ1v) is 4.13. The molecule has 6 nitrogen and oxygen atoms in total. The Labute approximate surface area is 75.8 Å². The Kier molecular flexibility index (Phi) is 3.11. The van der Waals surface area contributed by atoms with Crippen molar-refractivity contribution in [1.29, 1.82) is 0 Å². The smallest absolute Gasteiger partial charge is 0.106 e. The molecule has 1 aliphatic heterocycles. The van der Waals surface area contributed by atoms with Crippen LogP contribution in [0.15, 0.2) is 5.11 Å². The van der Waals surface area contributed by atoms with Gasteiger partial charge in [-0.3, -0.25) is 0 Å². The van der Waals surface area contributed by atoms with Crippen molar-refractivity contribution >= 4 is 0 Å². The maximum atomic E-state index is 9.51. The van der Waals surface area contributed by atoms with E-state index in [0.29, 0.717) is 0 Å². The van der Waals surface area contributed by atoms with Crippen LogP contribution >= 0.6 is 0 Å². The van der Waals surface area contributed by atoms with Gasteiger partial charge in [0.15, 0.2) is 0 Å². The summed E-state index contributed by atoms with van der Waals surface area (Å²) >= 11 is 0. The molecule has 74 valence electrons. The van der Waals surface area contributed by atoms with Crippen molar-refractivity contribution in [2.75, 3.05) is 0 Å². The van der Waals surface area contributed by atoms with Crippen molar-refractivity contribution in [2.45, 2.75) is 44.3 Å². The summed E-state index contributed by atoms with van der Waals surface area (Å²) < 4.78 is 5.26. The molecule has 0 amide bonds. The minimum absolute atomic E-state index is 0.371. The van der Waals surface area contributed by atoms with Crippen LogP contribution in [0.1, 0.15) is 13.8 Å². The number of aliphatic hydroxyl groups is 2. The van der Waals surface area contributed by atoms with E-state index in [9.17, 15) is 10.2 Å². The van der Waals surface area contributed by atoms with Gasteiger partial charge in [0.05, 0.1) is 24.4 Å². The summed E-state index contributed by atoms with van der Waals surface area (Å²) in [6, 6.07) is -0.712. The molecule has 0 spiro atoms. The zero-order valence-corrected chi connectivity index (χ0v) is 7.53. The van der Waals surface area contributed by atoms with Gasteiger partial charge < -0.3 is 14.9 Å². The van der Waals surface area contributed by atoms with E-state index in [1.165, 1.54) is 0 Å². The van der Waals surface area contributed by atoms with Crippen molar-refractivity contribution in [3.63, 3.8) is 0 Å². The molecule has 0 saturated carbocycles. The normalized spacial score (nSPS) is 45.4. The molecule has 1 saturated heterocycles. The van der Waals surface area contributed by atoms with Gasteiger partial charge in [-0.25, -0.2) is 0 Å². The highest BCUT2D eigenvalue weighted by molar-refractivity contribution is 4.93. The van der Waals surface area contributed by atoms with E-state index in [2.05, 4.69) is 10.0 Å². The summed E-state index contributed by atoms with van der Waals surface area (Å²) in [7, 11) is 0. The lowest BCUT2D eigenvalue weighted by atomic mass is 9.95. The van der Waals surface area contributed by atoms with Crippen LogP contribution in [0.4, 0.5) is 0 Å². The number of hydrogen-bond donors (Lipinski definition) is 2. The summed E-state index contributed by atoms with van der Waals surface area (Å²) in [6.45, 7) is 3.36. The number of nitrogens with zero attached hydrogens (tertiary/aromatic N) is 3. The molecular weight excluding hydrogens is 174 g/mol. The quantitative estimate of drug-likeness (QED) is 0.348. The summed E-state index contributed by atoms with van der Waals surface area (Å²) in [5.74, 6) is 0. The molecule has 13 heavy (non-hydrogen) atoms. The van der Waals surface area contributed by atoms with E-state index in [1.54, 1.807) is 13.8 Å². The largest absolute Gasteiger partial charge is 0.390 e. The molecule has 5 unspecified atom stereocenters. The van der Waals surface area contributed by atoms with Crippen molar-refractivity contribution in [3.8, 4) is 0 Å². The van der Waals surface area contributed by atoms with Gasteiger partial charge in [0.1, 0.15) is 6.10 Å². The van der Waals surface area contributed by atoms with Gasteiger partial charge in [0.2, 0.25) is 0 Å². The maximum absolute atomic E-state index is 9.51. The number of ether oxygens (including phenoxy) is 1. The Morgan fingerprint density at radius 1 is 1.23 bits per heavy atom. The van der Waals surface area contributed by atoms with Gasteiger partial charge in [-0.2, -0.15) is 0 Å². The average Bonchev–Trinajstić information content (AvgIpc) is 2.09. The third-order valence-electron chi connectivity index (χ3n) is 2.28. The summed E-state index contributed by atoms with van der Waals surface area (Å²) in [6.07, 6.45) is -2.85. The van der Waals surface area contributed by atoms with E-state index in [-0.39, 0.29) is 6.10 Å². The predicted octanol–water partition coefficient (Wildman–Crippen LogP) is 0.194. The van der Waals surface area contributed by atoms with Crippen molar-refractivity contribution in [1.82, 2.24) is 0 Å². The molecule has 1 heterocycles. The summed E-state index contributed by atoms with van der Waals surface area (Å²) in [4.78, 5) is 2.59. The van der Waals surface area contributed by atoms with E-state index < -0.39 is 24.4 Å². The van der Waals surface area contributed by atoms with Gasteiger partial charge in [0, 0.05) is 4.91 Å². The topological polar surface area (TPSA) is 98.5 Å². The molecule has 2 N–H and O–H groups in total. The third-order valence-corrected chi connectivity index (χ3v) is 2.28. The standard InChI is InChI=1S/C7H13N3O3/c1-3-5(9-10-8)7(12)6(11)4(2)13-3/h3-7,11-12H,1-2H3. The molecule has 5 atom stereocenters. The minimum Gasteiger partial charge on any atom is -0.390 e. The second-order valence-electron chi connectivity index (χ2n) is 3.22. The van der Waals surface area contributed by atoms with Gasteiger partial charge in [-0.05, 0) is 19.4 Å². The van der Waals surface area contributed by atoms with Crippen LogP contribution in [-0.2, 0) is 4.74 Å². The maximum Gasteiger partial charge on any atom is 0.106 e. The number of hydrogen-bond acceptors (Lipinski definition) is 4. The minimum atomic E-state index is -1.05. The highest BCUT2D eigenvalue weighted by Gasteiger charge is 2.39. The van der Waals surface area contributed by atoms with E-state index in [1.807, 2.05) is 0 Å². The van der Waals surface area contributed by atoms with Crippen LogP contribution in [0.25, 0.3) is 10.4 Å². The molecule has 1 aliphatic rings. The molecule has 0 bridgehead atoms. The Morgan fingerprint density at radius 2 is 1.85 bits per heavy atom. The first-order chi connectivity index (χ1) is 6.07. The predicted molar refractivity (Wildman–Crippen MR) is 45.0 cm³/mol. The molecule has 6 heteroatoms. The van der Waals surface area contributed by atoms with Gasteiger partial charge >= 0.3 is 0 Å². The zero-order valence-electron chi connectivity index (χ0n) is 7.53. The lowest BCUT2D eigenvalue weighted by Gasteiger charge is -2.38. The summed E-state index contributed by atoms with van der Waals surface area (Å²) in [5, 5.41) is 22.3. The van der Waals surface area contributed by atoms with Crippen LogP contribution in [-0.4, -0.2) is 40.7 Å². The fraction of sp³-hybridized carbons (Fsp3) is 1.00. The fourth-order valence-electron chi connectivity index (χ4n) is 1.48. The first kappa shape index (κ1) is 10.3. The Hall–Kier alpha value is -0.810. The number of aliphatic hydroxyl groups excluding tert-OH is 2. The first-order valence-electron chi connectivity index (χ1n) is 4.13. The Bertz CT molecular complexity index is 229. The zero-order chi connectivity index (χ0) is 10.0. The monoisotopic (exact) mass is 187 g/mol. The molecule has 0 aliphatic carbocycles. The molecule has 1 rings (SSSR count). The lowest BCUT2D eigenvalue weighted by Crippen LogP contribution is -2.54. The molecule has 0 aromatic rings. The van der Waals surface area contributed by atoms with Crippen LogP contribution in [0.2, 0.25) is 0 Å². The van der Waals surface area contributed by atoms with Crippen molar-refractivity contribution in [3.05, 3.63) is 10.4 Å². The second kappa shape index (κ2) is 3.93. The van der Waals surface area contributed by atoms with Gasteiger partial charge in [-0.1, -0.05) is 5.11 Å². The Morgan fingerprint density at radius 3 is 2.38 bits per heavy atom. The average molecular weight is 187 g/mol. The lowest BCUT2D eigenvalue weighted by molar-refractivity contribution is -0.166. The molecule has 0 aromatic carbocycles. The van der Waals surface area contributed by atoms with Crippen LogP contribution in [0, 0.1) is 0 Å². The number of rotatable bonds is 1. The summed E-state index contributed by atoms with van der Waals surface area (Å²) in [5.41, 5.74) is 8.22. The molecule has 0 radical (unpaired) electrons. The molecule has 0 aromatic heterocycles. The second-order valence-corrected chi connectivity index (χ2v) is 3.22. The number of azide groups is 1. The SMILES string of the molecule is CC1OC(C)C(N=[N+]=[N-])C(O)C1O. The van der Waals surface area contributed by atoms with Crippen LogP contribution < -0.4 is 0 Å².